The minimum Gasteiger partial charge on any atom is -0.378 e. The van der Waals surface area contributed by atoms with E-state index >= 15 is 0 Å². The van der Waals surface area contributed by atoms with E-state index in [1.54, 1.807) is 30.3 Å². The third-order valence-electron chi connectivity index (χ3n) is 2.65. The lowest BCUT2D eigenvalue weighted by Gasteiger charge is -2.34. The Bertz CT molecular complexity index is 463. The quantitative estimate of drug-likeness (QED) is 0.828. The van der Waals surface area contributed by atoms with E-state index in [0.29, 0.717) is 5.56 Å². The van der Waals surface area contributed by atoms with Crippen LogP contribution in [0.4, 0.5) is 13.2 Å². The number of aliphatic imine (C=N–C) groups is 1. The zero-order valence-corrected chi connectivity index (χ0v) is 10.0. The number of hydrogen-bond acceptors (Lipinski definition) is 4. The first-order valence-corrected chi connectivity index (χ1v) is 6.06. The summed E-state index contributed by atoms with van der Waals surface area (Å²) in [5.74, 6) is 0. The van der Waals surface area contributed by atoms with E-state index in [2.05, 4.69) is 4.99 Å². The first-order chi connectivity index (χ1) is 8.32. The van der Waals surface area contributed by atoms with Gasteiger partial charge in [-0.05, 0) is 5.56 Å². The number of hydrogen-bond donors (Lipinski definition) is 2. The SMILES string of the molecule is NC1=N[C@](O)(C(F)(F)F)C[C@@H](c2ccccc2)S1. The second-order valence-corrected chi connectivity index (χ2v) is 5.21. The molecule has 0 amide bonds. The number of aliphatic hydroxyl groups is 1. The molecule has 1 heterocycles. The summed E-state index contributed by atoms with van der Waals surface area (Å²) >= 11 is 1.03. The summed E-state index contributed by atoms with van der Waals surface area (Å²) < 4.78 is 38.3. The van der Waals surface area contributed by atoms with Gasteiger partial charge in [0, 0.05) is 11.7 Å². The average Bonchev–Trinajstić information content (AvgIpc) is 2.27. The van der Waals surface area contributed by atoms with E-state index in [0.717, 1.165) is 11.8 Å². The highest BCUT2D eigenvalue weighted by Gasteiger charge is 2.57. The van der Waals surface area contributed by atoms with Crippen molar-refractivity contribution in [2.75, 3.05) is 0 Å². The fourth-order valence-electron chi connectivity index (χ4n) is 1.73. The summed E-state index contributed by atoms with van der Waals surface area (Å²) in [7, 11) is 0. The topological polar surface area (TPSA) is 58.6 Å². The molecule has 0 bridgehead atoms. The lowest BCUT2D eigenvalue weighted by molar-refractivity contribution is -0.259. The van der Waals surface area contributed by atoms with Crippen LogP contribution >= 0.6 is 11.8 Å². The molecule has 0 fully saturated rings. The van der Waals surface area contributed by atoms with Gasteiger partial charge in [-0.25, -0.2) is 4.99 Å². The molecule has 0 unspecified atom stereocenters. The molecule has 98 valence electrons. The smallest absolute Gasteiger partial charge is 0.378 e. The van der Waals surface area contributed by atoms with Gasteiger partial charge in [0.25, 0.3) is 5.72 Å². The highest BCUT2D eigenvalue weighted by Crippen LogP contribution is 2.47. The number of alkyl halides is 3. The van der Waals surface area contributed by atoms with Gasteiger partial charge in [0.2, 0.25) is 0 Å². The van der Waals surface area contributed by atoms with E-state index in [4.69, 9.17) is 5.73 Å². The van der Waals surface area contributed by atoms with Crippen molar-refractivity contribution >= 4 is 16.9 Å². The molecule has 0 radical (unpaired) electrons. The van der Waals surface area contributed by atoms with Crippen LogP contribution in [0.1, 0.15) is 17.2 Å². The number of halogens is 3. The number of thioether (sulfide) groups is 1. The fourth-order valence-corrected chi connectivity index (χ4v) is 2.84. The van der Waals surface area contributed by atoms with Crippen LogP contribution in [0.25, 0.3) is 0 Å². The highest BCUT2D eigenvalue weighted by molar-refractivity contribution is 8.14. The van der Waals surface area contributed by atoms with Gasteiger partial charge in [0.15, 0.2) is 5.17 Å². The monoisotopic (exact) mass is 276 g/mol. The molecule has 3 N–H and O–H groups in total. The van der Waals surface area contributed by atoms with Crippen molar-refractivity contribution in [3.63, 3.8) is 0 Å². The van der Waals surface area contributed by atoms with Crippen LogP contribution in [0.2, 0.25) is 0 Å². The second-order valence-electron chi connectivity index (χ2n) is 3.99. The Balaban J connectivity index is 2.32. The molecule has 0 spiro atoms. The number of nitrogens with zero attached hydrogens (tertiary/aromatic N) is 1. The Morgan fingerprint density at radius 2 is 1.94 bits per heavy atom. The van der Waals surface area contributed by atoms with Gasteiger partial charge in [0.05, 0.1) is 0 Å². The largest absolute Gasteiger partial charge is 0.438 e. The molecule has 1 aromatic carbocycles. The number of nitrogens with two attached hydrogens (primary N) is 1. The van der Waals surface area contributed by atoms with Gasteiger partial charge < -0.3 is 10.8 Å². The van der Waals surface area contributed by atoms with Crippen LogP contribution in [0.5, 0.6) is 0 Å². The Hall–Kier alpha value is -1.21. The normalized spacial score (nSPS) is 28.9. The van der Waals surface area contributed by atoms with Gasteiger partial charge >= 0.3 is 6.18 Å². The molecule has 7 heteroatoms. The number of amidine groups is 1. The van der Waals surface area contributed by atoms with Crippen molar-refractivity contribution in [2.24, 2.45) is 10.7 Å². The molecule has 0 aliphatic carbocycles. The molecule has 2 atom stereocenters. The molecule has 3 nitrogen and oxygen atoms in total. The Labute approximate surface area is 106 Å². The third kappa shape index (κ3) is 2.46. The van der Waals surface area contributed by atoms with E-state index in [1.807, 2.05) is 0 Å². The lowest BCUT2D eigenvalue weighted by atomic mass is 10.0. The zero-order chi connectivity index (χ0) is 13.4. The highest BCUT2D eigenvalue weighted by atomic mass is 32.2. The molecule has 1 aliphatic heterocycles. The number of benzene rings is 1. The van der Waals surface area contributed by atoms with Crippen molar-refractivity contribution in [1.82, 2.24) is 0 Å². The zero-order valence-electron chi connectivity index (χ0n) is 9.19. The van der Waals surface area contributed by atoms with Crippen molar-refractivity contribution in [2.45, 2.75) is 23.6 Å². The summed E-state index contributed by atoms with van der Waals surface area (Å²) in [6, 6.07) is 8.62. The predicted molar refractivity (Wildman–Crippen MR) is 64.0 cm³/mol. The third-order valence-corrected chi connectivity index (χ3v) is 3.71. The van der Waals surface area contributed by atoms with Crippen molar-refractivity contribution in [3.05, 3.63) is 35.9 Å². The van der Waals surface area contributed by atoms with Crippen LogP contribution in [0.3, 0.4) is 0 Å². The Morgan fingerprint density at radius 3 is 2.50 bits per heavy atom. The average molecular weight is 276 g/mol. The molecule has 18 heavy (non-hydrogen) atoms. The van der Waals surface area contributed by atoms with Gasteiger partial charge in [-0.3, -0.25) is 0 Å². The van der Waals surface area contributed by atoms with E-state index in [-0.39, 0.29) is 5.17 Å². The fraction of sp³-hybridized carbons (Fsp3) is 0.364. The summed E-state index contributed by atoms with van der Waals surface area (Å²) in [6.45, 7) is 0. The van der Waals surface area contributed by atoms with Crippen LogP contribution in [-0.2, 0) is 0 Å². The molecule has 0 saturated heterocycles. The van der Waals surface area contributed by atoms with Crippen LogP contribution in [-0.4, -0.2) is 22.2 Å². The Kier molecular flexibility index (Phi) is 3.29. The van der Waals surface area contributed by atoms with E-state index in [9.17, 15) is 18.3 Å². The molecular formula is C11H11F3N2OS. The molecular weight excluding hydrogens is 265 g/mol. The first-order valence-electron chi connectivity index (χ1n) is 5.18. The summed E-state index contributed by atoms with van der Waals surface area (Å²) in [6.07, 6.45) is -5.36. The van der Waals surface area contributed by atoms with Crippen molar-refractivity contribution < 1.29 is 18.3 Å². The van der Waals surface area contributed by atoms with Gasteiger partial charge in [0.1, 0.15) is 0 Å². The van der Waals surface area contributed by atoms with Gasteiger partial charge in [-0.1, -0.05) is 42.1 Å². The summed E-state index contributed by atoms with van der Waals surface area (Å²) in [5.41, 5.74) is 2.98. The molecule has 0 saturated carbocycles. The predicted octanol–water partition coefficient (Wildman–Crippen LogP) is 2.43. The van der Waals surface area contributed by atoms with E-state index < -0.39 is 23.6 Å². The Morgan fingerprint density at radius 1 is 1.33 bits per heavy atom. The van der Waals surface area contributed by atoms with Crippen molar-refractivity contribution in [1.29, 1.82) is 0 Å². The molecule has 1 aliphatic rings. The maximum atomic E-state index is 12.8. The minimum absolute atomic E-state index is 0.255. The maximum absolute atomic E-state index is 12.8. The summed E-state index contributed by atoms with van der Waals surface area (Å²) in [4.78, 5) is 3.15. The first kappa shape index (κ1) is 13.2. The van der Waals surface area contributed by atoms with Crippen LogP contribution < -0.4 is 5.73 Å². The maximum Gasteiger partial charge on any atom is 0.438 e. The summed E-state index contributed by atoms with van der Waals surface area (Å²) in [5, 5.41) is 8.79. The van der Waals surface area contributed by atoms with E-state index in [1.165, 1.54) is 0 Å². The van der Waals surface area contributed by atoms with Crippen LogP contribution in [0.15, 0.2) is 35.3 Å². The van der Waals surface area contributed by atoms with Crippen molar-refractivity contribution in [3.8, 4) is 0 Å². The molecule has 1 aromatic rings. The minimum atomic E-state index is -4.83. The van der Waals surface area contributed by atoms with Gasteiger partial charge in [-0.15, -0.1) is 0 Å². The van der Waals surface area contributed by atoms with Crippen LogP contribution in [0, 0.1) is 0 Å². The molecule has 2 rings (SSSR count). The second kappa shape index (κ2) is 4.47. The number of rotatable bonds is 1. The van der Waals surface area contributed by atoms with Gasteiger partial charge in [-0.2, -0.15) is 13.2 Å². The standard InChI is InChI=1S/C11H11F3N2OS/c12-11(13,14)10(17)6-8(18-9(15)16-10)7-4-2-1-3-5-7/h1-5,8,17H,6H2,(H2,15,16)/t8-,10+/m0/s1. The molecule has 0 aromatic heterocycles. The lowest BCUT2D eigenvalue weighted by Crippen LogP contribution is -2.47.